The monoisotopic (exact) mass is 382 g/mol. The second kappa shape index (κ2) is 8.01. The molecule has 2 aromatic carbocycles. The third-order valence-electron chi connectivity index (χ3n) is 3.87. The van der Waals surface area contributed by atoms with Gasteiger partial charge >= 0.3 is 5.97 Å². The van der Waals surface area contributed by atoms with E-state index in [1.54, 1.807) is 38.1 Å². The van der Waals surface area contributed by atoms with Crippen LogP contribution in [0.2, 0.25) is 0 Å². The van der Waals surface area contributed by atoms with E-state index >= 15 is 0 Å². The van der Waals surface area contributed by atoms with Gasteiger partial charge in [-0.15, -0.1) is 11.3 Å². The van der Waals surface area contributed by atoms with Crippen molar-refractivity contribution in [3.05, 3.63) is 70.2 Å². The van der Waals surface area contributed by atoms with Crippen molar-refractivity contribution in [2.24, 2.45) is 0 Å². The fourth-order valence-electron chi connectivity index (χ4n) is 2.39. The number of rotatable bonds is 6. The molecule has 3 aromatic rings. The number of aromatic nitrogens is 1. The molecule has 0 aliphatic heterocycles. The molecule has 0 aliphatic carbocycles. The van der Waals surface area contributed by atoms with Gasteiger partial charge in [-0.2, -0.15) is 0 Å². The summed E-state index contributed by atoms with van der Waals surface area (Å²) in [5.41, 5.74) is 1.04. The quantitative estimate of drug-likeness (QED) is 0.646. The van der Waals surface area contributed by atoms with Crippen LogP contribution in [-0.4, -0.2) is 22.0 Å². The third-order valence-corrected chi connectivity index (χ3v) is 5.20. The SMILES string of the molecule is Cc1nc([C@H](C)C(=O)Nc2ccc(Oc3ccccc3)cc2)sc1C(=O)O. The number of nitrogens with one attached hydrogen (secondary N) is 1. The van der Waals surface area contributed by atoms with Crippen LogP contribution in [0.4, 0.5) is 5.69 Å². The summed E-state index contributed by atoms with van der Waals surface area (Å²) in [5, 5.41) is 12.4. The molecule has 7 heteroatoms. The number of ether oxygens (including phenoxy) is 1. The minimum absolute atomic E-state index is 0.159. The highest BCUT2D eigenvalue weighted by Crippen LogP contribution is 2.27. The Hall–Kier alpha value is -3.19. The lowest BCUT2D eigenvalue weighted by Gasteiger charge is -2.11. The lowest BCUT2D eigenvalue weighted by Crippen LogP contribution is -2.18. The maximum absolute atomic E-state index is 12.5. The molecule has 27 heavy (non-hydrogen) atoms. The van der Waals surface area contributed by atoms with Crippen LogP contribution in [0.25, 0.3) is 0 Å². The van der Waals surface area contributed by atoms with Crippen LogP contribution in [0.15, 0.2) is 54.6 Å². The highest BCUT2D eigenvalue weighted by atomic mass is 32.1. The number of carboxylic acids is 1. The Bertz CT molecular complexity index is 952. The second-order valence-electron chi connectivity index (χ2n) is 5.92. The van der Waals surface area contributed by atoms with Gasteiger partial charge in [0, 0.05) is 5.69 Å². The summed E-state index contributed by atoms with van der Waals surface area (Å²) < 4.78 is 5.72. The summed E-state index contributed by atoms with van der Waals surface area (Å²) in [4.78, 5) is 28.0. The van der Waals surface area contributed by atoms with Gasteiger partial charge in [0.15, 0.2) is 0 Å². The number of thiazole rings is 1. The van der Waals surface area contributed by atoms with Gasteiger partial charge in [0.2, 0.25) is 5.91 Å². The van der Waals surface area contributed by atoms with E-state index in [0.29, 0.717) is 22.1 Å². The number of amides is 1. The number of aryl methyl sites for hydroxylation is 1. The fraction of sp³-hybridized carbons (Fsp3) is 0.150. The Labute approximate surface area is 160 Å². The highest BCUT2D eigenvalue weighted by molar-refractivity contribution is 7.13. The number of hydrogen-bond acceptors (Lipinski definition) is 5. The summed E-state index contributed by atoms with van der Waals surface area (Å²) >= 11 is 1.03. The molecule has 0 unspecified atom stereocenters. The summed E-state index contributed by atoms with van der Waals surface area (Å²) in [7, 11) is 0. The van der Waals surface area contributed by atoms with Gasteiger partial charge in [0.25, 0.3) is 0 Å². The molecule has 0 radical (unpaired) electrons. The molecule has 0 saturated carbocycles. The van der Waals surface area contributed by atoms with Crippen LogP contribution in [-0.2, 0) is 4.79 Å². The molecule has 0 bridgehead atoms. The molecule has 2 N–H and O–H groups in total. The zero-order chi connectivity index (χ0) is 19.4. The Morgan fingerprint density at radius 3 is 2.30 bits per heavy atom. The summed E-state index contributed by atoms with van der Waals surface area (Å²) in [5.74, 6) is -0.442. The number of anilines is 1. The van der Waals surface area contributed by atoms with E-state index in [0.717, 1.165) is 17.1 Å². The van der Waals surface area contributed by atoms with Gasteiger partial charge in [0.1, 0.15) is 21.4 Å². The molecular formula is C20H18N2O4S. The van der Waals surface area contributed by atoms with Crippen LogP contribution >= 0.6 is 11.3 Å². The van der Waals surface area contributed by atoms with Crippen molar-refractivity contribution in [3.8, 4) is 11.5 Å². The Morgan fingerprint density at radius 1 is 1.07 bits per heavy atom. The fourth-order valence-corrected chi connectivity index (χ4v) is 3.35. The zero-order valence-corrected chi connectivity index (χ0v) is 15.6. The second-order valence-corrected chi connectivity index (χ2v) is 6.95. The van der Waals surface area contributed by atoms with Gasteiger partial charge in [0.05, 0.1) is 11.6 Å². The Balaban J connectivity index is 1.65. The van der Waals surface area contributed by atoms with Crippen molar-refractivity contribution in [2.75, 3.05) is 5.32 Å². The molecule has 1 atom stereocenters. The van der Waals surface area contributed by atoms with Gasteiger partial charge in [-0.1, -0.05) is 18.2 Å². The molecule has 6 nitrogen and oxygen atoms in total. The number of hydrogen-bond donors (Lipinski definition) is 2. The topological polar surface area (TPSA) is 88.5 Å². The first-order valence-electron chi connectivity index (χ1n) is 8.28. The van der Waals surface area contributed by atoms with Crippen LogP contribution in [0, 0.1) is 6.92 Å². The minimum atomic E-state index is -1.03. The molecule has 1 amide bonds. The third kappa shape index (κ3) is 4.51. The maximum atomic E-state index is 12.5. The predicted octanol–water partition coefficient (Wildman–Crippen LogP) is 4.68. The largest absolute Gasteiger partial charge is 0.477 e. The zero-order valence-electron chi connectivity index (χ0n) is 14.8. The smallest absolute Gasteiger partial charge is 0.347 e. The van der Waals surface area contributed by atoms with E-state index in [2.05, 4.69) is 10.3 Å². The molecule has 1 aromatic heterocycles. The van der Waals surface area contributed by atoms with E-state index < -0.39 is 11.9 Å². The molecule has 0 saturated heterocycles. The summed E-state index contributed by atoms with van der Waals surface area (Å²) in [6, 6.07) is 16.4. The van der Waals surface area contributed by atoms with Crippen molar-refractivity contribution in [3.63, 3.8) is 0 Å². The number of para-hydroxylation sites is 1. The van der Waals surface area contributed by atoms with Crippen molar-refractivity contribution in [1.29, 1.82) is 0 Å². The van der Waals surface area contributed by atoms with Crippen LogP contribution in [0.1, 0.15) is 33.2 Å². The van der Waals surface area contributed by atoms with E-state index in [-0.39, 0.29) is 10.8 Å². The van der Waals surface area contributed by atoms with Gasteiger partial charge < -0.3 is 15.2 Å². The van der Waals surface area contributed by atoms with E-state index in [1.807, 2.05) is 30.3 Å². The molecule has 0 aliphatic rings. The average molecular weight is 382 g/mol. The Kier molecular flexibility index (Phi) is 5.52. The number of nitrogens with zero attached hydrogens (tertiary/aromatic N) is 1. The van der Waals surface area contributed by atoms with Crippen LogP contribution < -0.4 is 10.1 Å². The standard InChI is InChI=1S/C20H18N2O4S/c1-12(19-21-13(2)17(27-19)20(24)25)18(23)22-14-8-10-16(11-9-14)26-15-6-4-3-5-7-15/h3-12H,1-2H3,(H,22,23)(H,24,25)/t12-/m1/s1. The minimum Gasteiger partial charge on any atom is -0.477 e. The molecule has 0 fully saturated rings. The lowest BCUT2D eigenvalue weighted by atomic mass is 10.1. The molecular weight excluding hydrogens is 364 g/mol. The van der Waals surface area contributed by atoms with Crippen molar-refractivity contribution in [1.82, 2.24) is 4.98 Å². The van der Waals surface area contributed by atoms with Crippen LogP contribution in [0.5, 0.6) is 11.5 Å². The van der Waals surface area contributed by atoms with Crippen molar-refractivity contribution < 1.29 is 19.4 Å². The average Bonchev–Trinajstić information content (AvgIpc) is 3.05. The molecule has 3 rings (SSSR count). The van der Waals surface area contributed by atoms with E-state index in [4.69, 9.17) is 9.84 Å². The van der Waals surface area contributed by atoms with Crippen LogP contribution in [0.3, 0.4) is 0 Å². The van der Waals surface area contributed by atoms with Gasteiger partial charge in [-0.05, 0) is 50.2 Å². The molecule has 1 heterocycles. The van der Waals surface area contributed by atoms with Gasteiger partial charge in [-0.3, -0.25) is 4.79 Å². The maximum Gasteiger partial charge on any atom is 0.347 e. The number of benzene rings is 2. The normalized spacial score (nSPS) is 11.6. The first-order valence-corrected chi connectivity index (χ1v) is 9.10. The van der Waals surface area contributed by atoms with E-state index in [9.17, 15) is 9.59 Å². The predicted molar refractivity (Wildman–Crippen MR) is 104 cm³/mol. The molecule has 0 spiro atoms. The van der Waals surface area contributed by atoms with Gasteiger partial charge in [-0.25, -0.2) is 9.78 Å². The number of carboxylic acid groups (broad SMARTS) is 1. The number of carbonyl (C=O) groups is 2. The first kappa shape index (κ1) is 18.6. The number of aromatic carboxylic acids is 1. The number of carbonyl (C=O) groups excluding carboxylic acids is 1. The Morgan fingerprint density at radius 2 is 1.70 bits per heavy atom. The summed E-state index contributed by atoms with van der Waals surface area (Å²) in [6.07, 6.45) is 0. The van der Waals surface area contributed by atoms with E-state index in [1.165, 1.54) is 0 Å². The lowest BCUT2D eigenvalue weighted by molar-refractivity contribution is -0.117. The molecule has 138 valence electrons. The first-order chi connectivity index (χ1) is 12.9. The van der Waals surface area contributed by atoms with Crippen molar-refractivity contribution >= 4 is 28.9 Å². The van der Waals surface area contributed by atoms with Crippen molar-refractivity contribution in [2.45, 2.75) is 19.8 Å². The summed E-state index contributed by atoms with van der Waals surface area (Å²) in [6.45, 7) is 3.33. The highest BCUT2D eigenvalue weighted by Gasteiger charge is 2.22.